The van der Waals surface area contributed by atoms with Crippen molar-refractivity contribution < 1.29 is 18.3 Å². The smallest absolute Gasteiger partial charge is 0.305 e. The van der Waals surface area contributed by atoms with Crippen molar-refractivity contribution in [3.05, 3.63) is 23.4 Å². The van der Waals surface area contributed by atoms with Crippen LogP contribution in [-0.2, 0) is 22.4 Å². The molecule has 0 spiro atoms. The van der Waals surface area contributed by atoms with E-state index in [1.54, 1.807) is 0 Å². The maximum Gasteiger partial charge on any atom is 0.305 e. The molecule has 0 aliphatic heterocycles. The fourth-order valence-electron chi connectivity index (χ4n) is 2.98. The Hall–Kier alpha value is -1.76. The third-order valence-corrected chi connectivity index (χ3v) is 4.56. The van der Waals surface area contributed by atoms with Crippen LogP contribution in [0.3, 0.4) is 0 Å². The van der Waals surface area contributed by atoms with Crippen LogP contribution in [0.4, 0.5) is 14.6 Å². The van der Waals surface area contributed by atoms with Crippen molar-refractivity contribution in [1.29, 1.82) is 0 Å². The lowest BCUT2D eigenvalue weighted by molar-refractivity contribution is -0.140. The Morgan fingerprint density at radius 1 is 1.17 bits per heavy atom. The molecular formula is C22H39F2N3O2. The van der Waals surface area contributed by atoms with Gasteiger partial charge < -0.3 is 15.0 Å². The fourth-order valence-corrected chi connectivity index (χ4v) is 2.98. The van der Waals surface area contributed by atoms with E-state index in [0.29, 0.717) is 25.9 Å². The van der Waals surface area contributed by atoms with Crippen molar-refractivity contribution in [2.75, 3.05) is 39.1 Å². The Morgan fingerprint density at radius 3 is 2.45 bits per heavy atom. The number of pyridine rings is 1. The van der Waals surface area contributed by atoms with Gasteiger partial charge in [-0.25, -0.2) is 13.8 Å². The minimum absolute atomic E-state index is 0.135. The average Bonchev–Trinajstić information content (AvgIpc) is 2.75. The summed E-state index contributed by atoms with van der Waals surface area (Å²) in [5, 5.41) is 3.13. The summed E-state index contributed by atoms with van der Waals surface area (Å²) in [5.74, 6) is 0.669. The fraction of sp³-hybridized carbons (Fsp3) is 0.727. The van der Waals surface area contributed by atoms with Gasteiger partial charge in [0, 0.05) is 32.1 Å². The van der Waals surface area contributed by atoms with E-state index in [4.69, 9.17) is 0 Å². The minimum Gasteiger partial charge on any atom is -0.469 e. The molecule has 0 atom stereocenters. The number of aromatic nitrogens is 1. The van der Waals surface area contributed by atoms with Gasteiger partial charge in [-0.3, -0.25) is 4.79 Å². The number of anilines is 1. The second kappa shape index (κ2) is 17.1. The molecule has 0 fully saturated rings. The molecule has 0 amide bonds. The predicted molar refractivity (Wildman–Crippen MR) is 116 cm³/mol. The summed E-state index contributed by atoms with van der Waals surface area (Å²) in [6.45, 7) is 7.84. The SMILES string of the molecule is CC.CCc1ccc(CCCCN(CCCC(=O)OC)CCC(F)F)nc1NC. The highest BCUT2D eigenvalue weighted by atomic mass is 19.3. The number of hydrogen-bond donors (Lipinski definition) is 1. The van der Waals surface area contributed by atoms with Crippen molar-refractivity contribution in [3.8, 4) is 0 Å². The summed E-state index contributed by atoms with van der Waals surface area (Å²) < 4.78 is 29.7. The molecule has 1 N–H and O–H groups in total. The number of halogens is 2. The van der Waals surface area contributed by atoms with E-state index in [-0.39, 0.29) is 12.4 Å². The number of nitrogens with one attached hydrogen (secondary N) is 1. The van der Waals surface area contributed by atoms with Crippen molar-refractivity contribution >= 4 is 11.8 Å². The number of nitrogens with zero attached hydrogens (tertiary/aromatic N) is 2. The quantitative estimate of drug-likeness (QED) is 0.344. The summed E-state index contributed by atoms with van der Waals surface area (Å²) in [4.78, 5) is 17.9. The Morgan fingerprint density at radius 2 is 1.86 bits per heavy atom. The van der Waals surface area contributed by atoms with Crippen LogP contribution in [0.5, 0.6) is 0 Å². The number of carbonyl (C=O) groups excluding carboxylic acids is 1. The molecule has 0 bridgehead atoms. The van der Waals surface area contributed by atoms with E-state index in [2.05, 4.69) is 34.1 Å². The van der Waals surface area contributed by atoms with Gasteiger partial charge in [0.25, 0.3) is 0 Å². The molecule has 0 radical (unpaired) electrons. The number of hydrogen-bond acceptors (Lipinski definition) is 5. The van der Waals surface area contributed by atoms with Crippen molar-refractivity contribution in [2.24, 2.45) is 0 Å². The molecule has 0 aliphatic carbocycles. The molecule has 5 nitrogen and oxygen atoms in total. The number of rotatable bonds is 14. The third kappa shape index (κ3) is 12.4. The molecule has 1 aromatic rings. The van der Waals surface area contributed by atoms with E-state index in [1.165, 1.54) is 12.7 Å². The molecule has 0 unspecified atom stereocenters. The average molecular weight is 416 g/mol. The Bertz CT molecular complexity index is 557. The highest BCUT2D eigenvalue weighted by Gasteiger charge is 2.11. The van der Waals surface area contributed by atoms with Gasteiger partial charge in [0.2, 0.25) is 6.43 Å². The van der Waals surface area contributed by atoms with Crippen LogP contribution in [0, 0.1) is 0 Å². The summed E-state index contributed by atoms with van der Waals surface area (Å²) in [6, 6.07) is 4.17. The normalized spacial score (nSPS) is 10.7. The van der Waals surface area contributed by atoms with Crippen molar-refractivity contribution in [2.45, 2.75) is 72.1 Å². The zero-order chi connectivity index (χ0) is 22.1. The summed E-state index contributed by atoms with van der Waals surface area (Å²) in [7, 11) is 3.23. The van der Waals surface area contributed by atoms with Gasteiger partial charge in [0.05, 0.1) is 7.11 Å². The Balaban J connectivity index is 0.00000379. The summed E-state index contributed by atoms with van der Waals surface area (Å²) in [5.41, 5.74) is 2.24. The van der Waals surface area contributed by atoms with E-state index in [9.17, 15) is 13.6 Å². The molecule has 0 saturated heterocycles. The van der Waals surface area contributed by atoms with Gasteiger partial charge in [0.1, 0.15) is 5.82 Å². The number of aryl methyl sites for hydroxylation is 2. The van der Waals surface area contributed by atoms with Crippen LogP contribution in [0.25, 0.3) is 0 Å². The number of carbonyl (C=O) groups is 1. The molecule has 1 rings (SSSR count). The first-order valence-corrected chi connectivity index (χ1v) is 10.7. The van der Waals surface area contributed by atoms with Crippen molar-refractivity contribution in [3.63, 3.8) is 0 Å². The first kappa shape index (κ1) is 27.2. The largest absolute Gasteiger partial charge is 0.469 e. The molecule has 0 saturated carbocycles. The van der Waals surface area contributed by atoms with Gasteiger partial charge in [-0.15, -0.1) is 0 Å². The topological polar surface area (TPSA) is 54.5 Å². The first-order chi connectivity index (χ1) is 14.0. The number of alkyl halides is 2. The van der Waals surface area contributed by atoms with Crippen molar-refractivity contribution in [1.82, 2.24) is 9.88 Å². The second-order valence-corrected chi connectivity index (χ2v) is 6.57. The molecule has 29 heavy (non-hydrogen) atoms. The first-order valence-electron chi connectivity index (χ1n) is 10.7. The zero-order valence-corrected chi connectivity index (χ0v) is 18.8. The van der Waals surface area contributed by atoms with Gasteiger partial charge in [0.15, 0.2) is 0 Å². The van der Waals surface area contributed by atoms with Gasteiger partial charge in [-0.2, -0.15) is 0 Å². The van der Waals surface area contributed by atoms with E-state index in [1.807, 2.05) is 25.8 Å². The molecule has 7 heteroatoms. The minimum atomic E-state index is -2.30. The molecule has 1 heterocycles. The molecule has 168 valence electrons. The number of unbranched alkanes of at least 4 members (excludes halogenated alkanes) is 1. The third-order valence-electron chi connectivity index (χ3n) is 4.56. The van der Waals surface area contributed by atoms with Crippen LogP contribution in [-0.4, -0.2) is 56.1 Å². The predicted octanol–water partition coefficient (Wildman–Crippen LogP) is 4.95. The zero-order valence-electron chi connectivity index (χ0n) is 18.8. The highest BCUT2D eigenvalue weighted by molar-refractivity contribution is 5.69. The standard InChI is InChI=1S/C20H33F2N3O2.C2H6/c1-4-16-10-11-17(24-20(16)23-2)8-5-6-13-25(15-12-18(21)22)14-7-9-19(26)27-3;1-2/h10-11,18H,4-9,12-15H2,1-3H3,(H,23,24);1-2H3. The van der Waals surface area contributed by atoms with Gasteiger partial charge >= 0.3 is 5.97 Å². The molecule has 0 aliphatic rings. The van der Waals surface area contributed by atoms with Crippen LogP contribution in [0.1, 0.15) is 64.1 Å². The molecular weight excluding hydrogens is 376 g/mol. The Kier molecular flexibility index (Phi) is 16.1. The lowest BCUT2D eigenvalue weighted by Gasteiger charge is -2.22. The maximum atomic E-state index is 12.5. The number of esters is 1. The molecule has 1 aromatic heterocycles. The number of ether oxygens (including phenoxy) is 1. The van der Waals surface area contributed by atoms with Gasteiger partial charge in [-0.1, -0.05) is 26.8 Å². The summed E-state index contributed by atoms with van der Waals surface area (Å²) >= 11 is 0. The van der Waals surface area contributed by atoms with E-state index < -0.39 is 6.43 Å². The van der Waals surface area contributed by atoms with Gasteiger partial charge in [-0.05, 0) is 56.8 Å². The highest BCUT2D eigenvalue weighted by Crippen LogP contribution is 2.15. The lowest BCUT2D eigenvalue weighted by atomic mass is 10.1. The van der Waals surface area contributed by atoms with E-state index in [0.717, 1.165) is 43.7 Å². The summed E-state index contributed by atoms with van der Waals surface area (Å²) in [6.07, 6.45) is 2.18. The van der Waals surface area contributed by atoms with E-state index >= 15 is 0 Å². The van der Waals surface area contributed by atoms with Crippen LogP contribution in [0.15, 0.2) is 12.1 Å². The lowest BCUT2D eigenvalue weighted by Crippen LogP contribution is -2.29. The van der Waals surface area contributed by atoms with Crippen LogP contribution >= 0.6 is 0 Å². The Labute approximate surface area is 175 Å². The molecule has 0 aromatic carbocycles. The monoisotopic (exact) mass is 415 g/mol. The van der Waals surface area contributed by atoms with Crippen LogP contribution < -0.4 is 5.32 Å². The van der Waals surface area contributed by atoms with Crippen LogP contribution in [0.2, 0.25) is 0 Å². The second-order valence-electron chi connectivity index (χ2n) is 6.57. The maximum absolute atomic E-state index is 12.5. The number of methoxy groups -OCH3 is 1.